The van der Waals surface area contributed by atoms with E-state index in [1.54, 1.807) is 24.3 Å². The van der Waals surface area contributed by atoms with Crippen molar-refractivity contribution in [3.8, 4) is 11.5 Å². The van der Waals surface area contributed by atoms with Crippen molar-refractivity contribution in [1.82, 2.24) is 0 Å². The molecule has 0 N–H and O–H groups in total. The third kappa shape index (κ3) is 3.36. The summed E-state index contributed by atoms with van der Waals surface area (Å²) in [6.07, 6.45) is 0. The monoisotopic (exact) mass is 297 g/mol. The van der Waals surface area contributed by atoms with E-state index in [9.17, 15) is 10.1 Å². The van der Waals surface area contributed by atoms with Crippen LogP contribution in [0.2, 0.25) is 5.02 Å². The van der Waals surface area contributed by atoms with Gasteiger partial charge < -0.3 is 4.74 Å². The van der Waals surface area contributed by atoms with Crippen LogP contribution in [0.25, 0.3) is 0 Å². The summed E-state index contributed by atoms with van der Waals surface area (Å²) >= 11 is 11.6. The number of benzene rings is 2. The van der Waals surface area contributed by atoms with E-state index in [4.69, 9.17) is 27.9 Å². The molecule has 0 amide bonds. The van der Waals surface area contributed by atoms with Crippen LogP contribution in [0, 0.1) is 10.1 Å². The van der Waals surface area contributed by atoms with Crippen LogP contribution in [0.15, 0.2) is 42.5 Å². The van der Waals surface area contributed by atoms with Crippen LogP contribution in [0.3, 0.4) is 0 Å². The molecule has 0 aliphatic carbocycles. The van der Waals surface area contributed by atoms with E-state index in [1.807, 2.05) is 0 Å². The summed E-state index contributed by atoms with van der Waals surface area (Å²) in [6, 6.07) is 11.1. The van der Waals surface area contributed by atoms with Crippen LogP contribution >= 0.6 is 23.2 Å². The van der Waals surface area contributed by atoms with E-state index in [1.165, 1.54) is 18.2 Å². The van der Waals surface area contributed by atoms with E-state index in [-0.39, 0.29) is 11.6 Å². The molecule has 0 atom stereocenters. The molecule has 0 bridgehead atoms. The summed E-state index contributed by atoms with van der Waals surface area (Å²) in [7, 11) is 0. The third-order valence-electron chi connectivity index (χ3n) is 2.44. The quantitative estimate of drug-likeness (QED) is 0.463. The highest BCUT2D eigenvalue weighted by Gasteiger charge is 2.11. The molecule has 2 aromatic rings. The standard InChI is InChI=1S/C13H9Cl2NO3/c14-8-9-7-11(16(17)18)3-6-13(9)19-12-4-1-10(15)2-5-12/h1-7H,8H2. The first-order valence-corrected chi connectivity index (χ1v) is 6.28. The van der Waals surface area contributed by atoms with E-state index >= 15 is 0 Å². The molecule has 0 fully saturated rings. The lowest BCUT2D eigenvalue weighted by Crippen LogP contribution is -1.93. The Morgan fingerprint density at radius 2 is 1.84 bits per heavy atom. The normalized spacial score (nSPS) is 10.2. The molecular weight excluding hydrogens is 289 g/mol. The van der Waals surface area contributed by atoms with Crippen LogP contribution in [0.1, 0.15) is 5.56 Å². The van der Waals surface area contributed by atoms with Gasteiger partial charge in [-0.25, -0.2) is 0 Å². The van der Waals surface area contributed by atoms with Crippen molar-refractivity contribution in [2.75, 3.05) is 0 Å². The lowest BCUT2D eigenvalue weighted by molar-refractivity contribution is -0.384. The minimum atomic E-state index is -0.470. The Hall–Kier alpha value is -1.78. The topological polar surface area (TPSA) is 52.4 Å². The number of ether oxygens (including phenoxy) is 1. The number of halogens is 2. The lowest BCUT2D eigenvalue weighted by Gasteiger charge is -2.09. The molecule has 0 heterocycles. The van der Waals surface area contributed by atoms with E-state index in [0.29, 0.717) is 22.1 Å². The summed E-state index contributed by atoms with van der Waals surface area (Å²) in [4.78, 5) is 10.2. The maximum Gasteiger partial charge on any atom is 0.270 e. The second-order valence-electron chi connectivity index (χ2n) is 3.74. The number of alkyl halides is 1. The van der Waals surface area contributed by atoms with E-state index in [0.717, 1.165) is 0 Å². The largest absolute Gasteiger partial charge is 0.457 e. The van der Waals surface area contributed by atoms with Crippen molar-refractivity contribution in [3.63, 3.8) is 0 Å². The highest BCUT2D eigenvalue weighted by molar-refractivity contribution is 6.30. The first-order valence-electron chi connectivity index (χ1n) is 5.37. The minimum absolute atomic E-state index is 0.0147. The molecule has 0 spiro atoms. The van der Waals surface area contributed by atoms with Gasteiger partial charge in [0.1, 0.15) is 11.5 Å². The van der Waals surface area contributed by atoms with Gasteiger partial charge in [-0.05, 0) is 30.3 Å². The zero-order chi connectivity index (χ0) is 13.8. The Kier molecular flexibility index (Phi) is 4.24. The Morgan fingerprint density at radius 3 is 2.42 bits per heavy atom. The van der Waals surface area contributed by atoms with Gasteiger partial charge in [-0.15, -0.1) is 11.6 Å². The highest BCUT2D eigenvalue weighted by Crippen LogP contribution is 2.30. The number of nitro benzene ring substituents is 1. The van der Waals surface area contributed by atoms with Gasteiger partial charge in [0, 0.05) is 22.7 Å². The molecule has 0 aliphatic heterocycles. The van der Waals surface area contributed by atoms with Crippen molar-refractivity contribution in [2.24, 2.45) is 0 Å². The number of rotatable bonds is 4. The Bertz CT molecular complexity index is 599. The Morgan fingerprint density at radius 1 is 1.16 bits per heavy atom. The fourth-order valence-corrected chi connectivity index (χ4v) is 1.85. The molecule has 0 saturated carbocycles. The Labute approximate surface area is 119 Å². The van der Waals surface area contributed by atoms with Crippen LogP contribution in [-0.4, -0.2) is 4.92 Å². The van der Waals surface area contributed by atoms with Crippen LogP contribution < -0.4 is 4.74 Å². The van der Waals surface area contributed by atoms with Gasteiger partial charge >= 0.3 is 0 Å². The van der Waals surface area contributed by atoms with Crippen molar-refractivity contribution >= 4 is 28.9 Å². The number of non-ortho nitro benzene ring substituents is 1. The van der Waals surface area contributed by atoms with Gasteiger partial charge in [-0.2, -0.15) is 0 Å². The molecule has 0 saturated heterocycles. The van der Waals surface area contributed by atoms with E-state index < -0.39 is 4.92 Å². The number of hydrogen-bond acceptors (Lipinski definition) is 3. The first-order chi connectivity index (χ1) is 9.10. The van der Waals surface area contributed by atoms with Crippen LogP contribution in [0.5, 0.6) is 11.5 Å². The molecule has 6 heteroatoms. The fraction of sp³-hybridized carbons (Fsp3) is 0.0769. The Balaban J connectivity index is 2.29. The highest BCUT2D eigenvalue weighted by atomic mass is 35.5. The second kappa shape index (κ2) is 5.91. The summed E-state index contributed by atoms with van der Waals surface area (Å²) in [5.74, 6) is 1.21. The number of hydrogen-bond donors (Lipinski definition) is 0. The predicted octanol–water partition coefficient (Wildman–Crippen LogP) is 4.78. The minimum Gasteiger partial charge on any atom is -0.457 e. The zero-order valence-electron chi connectivity index (χ0n) is 9.68. The van der Waals surface area contributed by atoms with Gasteiger partial charge in [-0.3, -0.25) is 10.1 Å². The predicted molar refractivity (Wildman–Crippen MR) is 74.2 cm³/mol. The molecule has 2 aromatic carbocycles. The average molecular weight is 298 g/mol. The molecule has 0 unspecified atom stereocenters. The van der Waals surface area contributed by atoms with E-state index in [2.05, 4.69) is 0 Å². The SMILES string of the molecule is O=[N+]([O-])c1ccc(Oc2ccc(Cl)cc2)c(CCl)c1. The molecule has 0 radical (unpaired) electrons. The maximum absolute atomic E-state index is 10.7. The second-order valence-corrected chi connectivity index (χ2v) is 4.44. The third-order valence-corrected chi connectivity index (χ3v) is 2.98. The molecule has 19 heavy (non-hydrogen) atoms. The molecule has 2 rings (SSSR count). The lowest BCUT2D eigenvalue weighted by atomic mass is 10.2. The van der Waals surface area contributed by atoms with Crippen molar-refractivity contribution in [3.05, 3.63) is 63.2 Å². The van der Waals surface area contributed by atoms with Crippen molar-refractivity contribution in [1.29, 1.82) is 0 Å². The molecule has 4 nitrogen and oxygen atoms in total. The van der Waals surface area contributed by atoms with Gasteiger partial charge in [0.2, 0.25) is 0 Å². The van der Waals surface area contributed by atoms with Gasteiger partial charge in [0.15, 0.2) is 0 Å². The van der Waals surface area contributed by atoms with Crippen LogP contribution in [-0.2, 0) is 5.88 Å². The number of nitrogens with zero attached hydrogens (tertiary/aromatic N) is 1. The zero-order valence-corrected chi connectivity index (χ0v) is 11.2. The molecular formula is C13H9Cl2NO3. The fourth-order valence-electron chi connectivity index (χ4n) is 1.51. The molecule has 98 valence electrons. The first kappa shape index (κ1) is 13.6. The van der Waals surface area contributed by atoms with Crippen molar-refractivity contribution < 1.29 is 9.66 Å². The average Bonchev–Trinajstić information content (AvgIpc) is 2.41. The number of nitro groups is 1. The molecule has 0 aliphatic rings. The summed E-state index contributed by atoms with van der Waals surface area (Å²) < 4.78 is 5.62. The molecule has 0 aromatic heterocycles. The van der Waals surface area contributed by atoms with Crippen molar-refractivity contribution in [2.45, 2.75) is 5.88 Å². The van der Waals surface area contributed by atoms with Gasteiger partial charge in [-0.1, -0.05) is 11.6 Å². The van der Waals surface area contributed by atoms with Gasteiger partial charge in [0.05, 0.1) is 10.8 Å². The van der Waals surface area contributed by atoms with Gasteiger partial charge in [0.25, 0.3) is 5.69 Å². The smallest absolute Gasteiger partial charge is 0.270 e. The maximum atomic E-state index is 10.7. The summed E-state index contributed by atoms with van der Waals surface area (Å²) in [6.45, 7) is 0. The summed E-state index contributed by atoms with van der Waals surface area (Å²) in [5, 5.41) is 11.3. The van der Waals surface area contributed by atoms with Crippen LogP contribution in [0.4, 0.5) is 5.69 Å². The summed E-state index contributed by atoms with van der Waals surface area (Å²) in [5.41, 5.74) is 0.546.